The molecule has 0 saturated heterocycles. The number of nitrogens with one attached hydrogen (secondary N) is 1. The fraction of sp³-hybridized carbons (Fsp3) is 0.143. The lowest BCUT2D eigenvalue weighted by atomic mass is 10.6. The number of carbonyl (C=O) groups is 1. The monoisotopic (exact) mass is 287 g/mol. The molecule has 0 saturated carbocycles. The molecule has 2 heterocycles. The van der Waals surface area contributed by atoms with E-state index in [0.29, 0.717) is 5.13 Å². The van der Waals surface area contributed by atoms with Crippen molar-refractivity contribution in [2.24, 2.45) is 0 Å². The Hall–Kier alpha value is -1.28. The van der Waals surface area contributed by atoms with E-state index >= 15 is 0 Å². The number of aromatic nitrogens is 4. The number of thiazole rings is 1. The second kappa shape index (κ2) is 4.49. The van der Waals surface area contributed by atoms with E-state index in [1.807, 2.05) is 0 Å². The van der Waals surface area contributed by atoms with Gasteiger partial charge < -0.3 is 5.32 Å². The summed E-state index contributed by atoms with van der Waals surface area (Å²) in [6.45, 7) is 0.136. The van der Waals surface area contributed by atoms with Gasteiger partial charge in [0.25, 0.3) is 0 Å². The predicted octanol–water partition coefficient (Wildman–Crippen LogP) is 1.14. The molecule has 78 valence electrons. The number of anilines is 1. The minimum Gasteiger partial charge on any atom is -0.300 e. The van der Waals surface area contributed by atoms with Crippen LogP contribution < -0.4 is 5.32 Å². The van der Waals surface area contributed by atoms with E-state index < -0.39 is 0 Å². The third-order valence-corrected chi connectivity index (χ3v) is 2.89. The molecule has 0 aliphatic rings. The van der Waals surface area contributed by atoms with Crippen LogP contribution in [0.5, 0.6) is 0 Å². The van der Waals surface area contributed by atoms with E-state index in [2.05, 4.69) is 36.5 Å². The SMILES string of the molecule is O=C(Cn1ccnn1)Nc1ncc(Br)s1. The molecule has 6 nitrogen and oxygen atoms in total. The lowest BCUT2D eigenvalue weighted by Crippen LogP contribution is -2.18. The van der Waals surface area contributed by atoms with Crippen molar-refractivity contribution in [3.63, 3.8) is 0 Å². The van der Waals surface area contributed by atoms with Crippen LogP contribution in [0, 0.1) is 0 Å². The first-order valence-corrected chi connectivity index (χ1v) is 5.60. The van der Waals surface area contributed by atoms with Crippen molar-refractivity contribution in [1.82, 2.24) is 20.0 Å². The number of halogens is 1. The summed E-state index contributed by atoms with van der Waals surface area (Å²) in [4.78, 5) is 15.4. The van der Waals surface area contributed by atoms with Crippen LogP contribution in [0.2, 0.25) is 0 Å². The summed E-state index contributed by atoms with van der Waals surface area (Å²) in [7, 11) is 0. The van der Waals surface area contributed by atoms with Gasteiger partial charge in [0.05, 0.1) is 16.2 Å². The lowest BCUT2D eigenvalue weighted by molar-refractivity contribution is -0.116. The Kier molecular flexibility index (Phi) is 3.07. The second-order valence-corrected chi connectivity index (χ2v) is 5.03. The van der Waals surface area contributed by atoms with Crippen molar-refractivity contribution < 1.29 is 4.79 Å². The second-order valence-electron chi connectivity index (χ2n) is 2.62. The molecule has 0 bridgehead atoms. The molecule has 2 aromatic heterocycles. The van der Waals surface area contributed by atoms with Gasteiger partial charge in [-0.25, -0.2) is 9.67 Å². The molecule has 2 aromatic rings. The van der Waals surface area contributed by atoms with Gasteiger partial charge in [0.1, 0.15) is 6.54 Å². The van der Waals surface area contributed by atoms with Gasteiger partial charge in [-0.05, 0) is 15.9 Å². The van der Waals surface area contributed by atoms with Gasteiger partial charge >= 0.3 is 0 Å². The van der Waals surface area contributed by atoms with Gasteiger partial charge in [-0.3, -0.25) is 4.79 Å². The molecule has 0 fully saturated rings. The van der Waals surface area contributed by atoms with Crippen LogP contribution in [0.1, 0.15) is 0 Å². The first kappa shape index (κ1) is 10.2. The maximum atomic E-state index is 11.4. The molecular formula is C7H6BrN5OS. The van der Waals surface area contributed by atoms with Crippen LogP contribution in [0.3, 0.4) is 0 Å². The van der Waals surface area contributed by atoms with Crippen molar-refractivity contribution in [3.8, 4) is 0 Å². The van der Waals surface area contributed by atoms with Crippen LogP contribution in [0.25, 0.3) is 0 Å². The predicted molar refractivity (Wildman–Crippen MR) is 58.5 cm³/mol. The molecule has 0 aromatic carbocycles. The number of hydrogen-bond acceptors (Lipinski definition) is 5. The minimum absolute atomic E-state index is 0.136. The Balaban J connectivity index is 1.93. The first-order valence-electron chi connectivity index (χ1n) is 3.99. The highest BCUT2D eigenvalue weighted by molar-refractivity contribution is 9.11. The molecule has 0 spiro atoms. The molecule has 0 aliphatic heterocycles. The molecule has 15 heavy (non-hydrogen) atoms. The summed E-state index contributed by atoms with van der Waals surface area (Å²) in [5, 5.41) is 10.5. The van der Waals surface area contributed by atoms with Gasteiger partial charge in [-0.1, -0.05) is 16.6 Å². The maximum absolute atomic E-state index is 11.4. The highest BCUT2D eigenvalue weighted by atomic mass is 79.9. The smallest absolute Gasteiger partial charge is 0.247 e. The summed E-state index contributed by atoms with van der Waals surface area (Å²) in [5.41, 5.74) is 0. The van der Waals surface area contributed by atoms with Crippen LogP contribution in [0.15, 0.2) is 22.4 Å². The zero-order valence-electron chi connectivity index (χ0n) is 7.42. The Morgan fingerprint density at radius 3 is 3.13 bits per heavy atom. The molecule has 0 atom stereocenters. The summed E-state index contributed by atoms with van der Waals surface area (Å²) < 4.78 is 2.32. The number of rotatable bonds is 3. The average Bonchev–Trinajstić information content (AvgIpc) is 2.77. The normalized spacial score (nSPS) is 10.2. The zero-order valence-corrected chi connectivity index (χ0v) is 9.82. The van der Waals surface area contributed by atoms with Gasteiger partial charge in [0, 0.05) is 6.20 Å². The molecular weight excluding hydrogens is 282 g/mol. The van der Waals surface area contributed by atoms with Crippen LogP contribution >= 0.6 is 27.3 Å². The van der Waals surface area contributed by atoms with E-state index in [9.17, 15) is 4.79 Å². The molecule has 1 amide bonds. The van der Waals surface area contributed by atoms with Crippen molar-refractivity contribution in [3.05, 3.63) is 22.4 Å². The third-order valence-electron chi connectivity index (χ3n) is 1.50. The van der Waals surface area contributed by atoms with Crippen LogP contribution in [-0.2, 0) is 11.3 Å². The van der Waals surface area contributed by atoms with Crippen molar-refractivity contribution in [2.75, 3.05) is 5.32 Å². The molecule has 1 N–H and O–H groups in total. The van der Waals surface area contributed by atoms with Crippen LogP contribution in [0.4, 0.5) is 5.13 Å². The lowest BCUT2D eigenvalue weighted by Gasteiger charge is -2.00. The molecule has 0 radical (unpaired) electrons. The number of hydrogen-bond donors (Lipinski definition) is 1. The largest absolute Gasteiger partial charge is 0.300 e. The minimum atomic E-state index is -0.178. The summed E-state index contributed by atoms with van der Waals surface area (Å²) in [6.07, 6.45) is 4.78. The number of amides is 1. The Labute approximate surface area is 97.5 Å². The summed E-state index contributed by atoms with van der Waals surface area (Å²) >= 11 is 4.62. The Morgan fingerprint density at radius 1 is 1.67 bits per heavy atom. The zero-order chi connectivity index (χ0) is 10.7. The van der Waals surface area contributed by atoms with E-state index in [4.69, 9.17) is 0 Å². The van der Waals surface area contributed by atoms with Crippen LogP contribution in [-0.4, -0.2) is 25.9 Å². The molecule has 8 heteroatoms. The summed E-state index contributed by atoms with van der Waals surface area (Å²) in [6, 6.07) is 0. The molecule has 2 rings (SSSR count). The highest BCUT2D eigenvalue weighted by Gasteiger charge is 2.06. The third kappa shape index (κ3) is 2.83. The Bertz CT molecular complexity index is 454. The number of nitrogens with zero attached hydrogens (tertiary/aromatic N) is 4. The Morgan fingerprint density at radius 2 is 2.53 bits per heavy atom. The van der Waals surface area contributed by atoms with Crippen molar-refractivity contribution in [1.29, 1.82) is 0 Å². The molecule has 0 unspecified atom stereocenters. The fourth-order valence-corrected chi connectivity index (χ4v) is 2.06. The maximum Gasteiger partial charge on any atom is 0.247 e. The number of carbonyl (C=O) groups excluding carboxylic acids is 1. The molecule has 0 aliphatic carbocycles. The highest BCUT2D eigenvalue weighted by Crippen LogP contribution is 2.22. The van der Waals surface area contributed by atoms with E-state index in [1.165, 1.54) is 22.2 Å². The fourth-order valence-electron chi connectivity index (χ4n) is 0.935. The van der Waals surface area contributed by atoms with E-state index in [0.717, 1.165) is 3.79 Å². The van der Waals surface area contributed by atoms with Gasteiger partial charge in [0.2, 0.25) is 5.91 Å². The van der Waals surface area contributed by atoms with E-state index in [-0.39, 0.29) is 12.5 Å². The average molecular weight is 288 g/mol. The first-order chi connectivity index (χ1) is 7.24. The standard InChI is InChI=1S/C7H6BrN5OS/c8-5-3-9-7(15-5)11-6(14)4-13-2-1-10-12-13/h1-3H,4H2,(H,9,11,14). The topological polar surface area (TPSA) is 72.7 Å². The van der Waals surface area contributed by atoms with Crippen molar-refractivity contribution in [2.45, 2.75) is 6.54 Å². The van der Waals surface area contributed by atoms with Gasteiger partial charge in [0.15, 0.2) is 5.13 Å². The van der Waals surface area contributed by atoms with Gasteiger partial charge in [-0.2, -0.15) is 0 Å². The van der Waals surface area contributed by atoms with Crippen molar-refractivity contribution >= 4 is 38.3 Å². The van der Waals surface area contributed by atoms with Gasteiger partial charge in [-0.15, -0.1) is 5.10 Å². The summed E-state index contributed by atoms with van der Waals surface area (Å²) in [5.74, 6) is -0.178. The van der Waals surface area contributed by atoms with E-state index in [1.54, 1.807) is 12.4 Å². The quantitative estimate of drug-likeness (QED) is 0.919.